The van der Waals surface area contributed by atoms with Crippen molar-refractivity contribution in [2.75, 3.05) is 0 Å². The summed E-state index contributed by atoms with van der Waals surface area (Å²) < 4.78 is 0. The molecule has 0 amide bonds. The molecule has 0 spiro atoms. The molecule has 1 aromatic carbocycles. The molecule has 0 aliphatic heterocycles. The van der Waals surface area contributed by atoms with Gasteiger partial charge in [0.15, 0.2) is 0 Å². The zero-order valence-corrected chi connectivity index (χ0v) is 10.7. The van der Waals surface area contributed by atoms with Gasteiger partial charge in [0.2, 0.25) is 0 Å². The summed E-state index contributed by atoms with van der Waals surface area (Å²) in [5.74, 6) is 1.03. The third-order valence-corrected chi connectivity index (χ3v) is 3.66. The van der Waals surface area contributed by atoms with Gasteiger partial charge in [0.05, 0.1) is 0 Å². The Balaban J connectivity index is 2.11. The van der Waals surface area contributed by atoms with E-state index in [1.54, 1.807) is 0 Å². The molecule has 16 heavy (non-hydrogen) atoms. The molecule has 1 aliphatic carbocycles. The van der Waals surface area contributed by atoms with Crippen molar-refractivity contribution in [3.05, 3.63) is 58.1 Å². The molecule has 0 N–H and O–H groups in total. The number of hydrogen-bond acceptors (Lipinski definition) is 0. The van der Waals surface area contributed by atoms with Crippen molar-refractivity contribution in [2.24, 2.45) is 5.92 Å². The minimum atomic E-state index is 0.495. The second kappa shape index (κ2) is 5.07. The van der Waals surface area contributed by atoms with E-state index in [2.05, 4.69) is 31.2 Å². The van der Waals surface area contributed by atoms with Crippen LogP contribution in [0.15, 0.2) is 47.5 Å². The summed E-state index contributed by atoms with van der Waals surface area (Å²) in [6, 6.07) is 8.09. The summed E-state index contributed by atoms with van der Waals surface area (Å²) in [7, 11) is 0. The van der Waals surface area contributed by atoms with Crippen molar-refractivity contribution in [3.63, 3.8) is 0 Å². The van der Waals surface area contributed by atoms with E-state index >= 15 is 0 Å². The minimum Gasteiger partial charge on any atom is -0.0847 e. The van der Waals surface area contributed by atoms with Crippen LogP contribution < -0.4 is 0 Å². The maximum Gasteiger partial charge on any atom is 0.0406 e. The van der Waals surface area contributed by atoms with E-state index in [1.165, 1.54) is 5.56 Å². The summed E-state index contributed by atoms with van der Waals surface area (Å²) in [6.45, 7) is 2.24. The van der Waals surface area contributed by atoms with Crippen LogP contribution in [0.5, 0.6) is 0 Å². The fourth-order valence-corrected chi connectivity index (χ4v) is 2.28. The van der Waals surface area contributed by atoms with E-state index in [1.807, 2.05) is 18.2 Å². The van der Waals surface area contributed by atoms with E-state index in [-0.39, 0.29) is 0 Å². The molecular weight excluding hydrogens is 239 g/mol. The molecule has 2 rings (SSSR count). The molecule has 0 bridgehead atoms. The molecule has 1 aliphatic rings. The number of halogens is 2. The Morgan fingerprint density at radius 2 is 1.88 bits per heavy atom. The molecule has 0 radical (unpaired) electrons. The van der Waals surface area contributed by atoms with Gasteiger partial charge in [-0.2, -0.15) is 0 Å². The molecule has 84 valence electrons. The number of allylic oxidation sites excluding steroid dienone is 4. The predicted molar refractivity (Wildman–Crippen MR) is 71.1 cm³/mol. The van der Waals surface area contributed by atoms with Gasteiger partial charge in [0.25, 0.3) is 0 Å². The summed E-state index contributed by atoms with van der Waals surface area (Å²) in [4.78, 5) is 0. The second-order valence-electron chi connectivity index (χ2n) is 4.19. The zero-order chi connectivity index (χ0) is 11.5. The number of rotatable bonds is 2. The summed E-state index contributed by atoms with van der Waals surface area (Å²) in [6.07, 6.45) is 7.28. The first kappa shape index (κ1) is 11.8. The van der Waals surface area contributed by atoms with Crippen molar-refractivity contribution in [1.82, 2.24) is 0 Å². The van der Waals surface area contributed by atoms with E-state index in [0.29, 0.717) is 11.8 Å². The van der Waals surface area contributed by atoms with Crippen molar-refractivity contribution in [1.29, 1.82) is 0 Å². The van der Waals surface area contributed by atoms with E-state index in [9.17, 15) is 0 Å². The van der Waals surface area contributed by atoms with E-state index in [0.717, 1.165) is 16.5 Å². The fraction of sp³-hybridized carbons (Fsp3) is 0.286. The minimum absolute atomic E-state index is 0.495. The van der Waals surface area contributed by atoms with Gasteiger partial charge >= 0.3 is 0 Å². The quantitative estimate of drug-likeness (QED) is 0.684. The van der Waals surface area contributed by atoms with Gasteiger partial charge in [-0.3, -0.25) is 0 Å². The monoisotopic (exact) mass is 252 g/mol. The van der Waals surface area contributed by atoms with Crippen LogP contribution in [0.3, 0.4) is 0 Å². The molecule has 0 saturated carbocycles. The first-order chi connectivity index (χ1) is 7.66. The van der Waals surface area contributed by atoms with Crippen molar-refractivity contribution >= 4 is 23.2 Å². The Kier molecular flexibility index (Phi) is 3.73. The van der Waals surface area contributed by atoms with Gasteiger partial charge in [-0.1, -0.05) is 54.4 Å². The van der Waals surface area contributed by atoms with Crippen molar-refractivity contribution in [2.45, 2.75) is 19.3 Å². The van der Waals surface area contributed by atoms with E-state index in [4.69, 9.17) is 23.2 Å². The van der Waals surface area contributed by atoms with Crippen LogP contribution in [0.25, 0.3) is 0 Å². The number of benzene rings is 1. The van der Waals surface area contributed by atoms with Crippen LogP contribution in [0, 0.1) is 5.92 Å². The lowest BCUT2D eigenvalue weighted by Crippen LogP contribution is -2.08. The Morgan fingerprint density at radius 3 is 2.44 bits per heavy atom. The topological polar surface area (TPSA) is 0 Å². The van der Waals surface area contributed by atoms with Crippen molar-refractivity contribution in [3.8, 4) is 0 Å². The average Bonchev–Trinajstić information content (AvgIpc) is 2.30. The highest BCUT2D eigenvalue weighted by Gasteiger charge is 2.17. The Morgan fingerprint density at radius 1 is 1.19 bits per heavy atom. The summed E-state index contributed by atoms with van der Waals surface area (Å²) in [5.41, 5.74) is 1.32. The normalized spacial score (nSPS) is 21.7. The first-order valence-electron chi connectivity index (χ1n) is 5.46. The third-order valence-electron chi connectivity index (χ3n) is 3.13. The van der Waals surface area contributed by atoms with Gasteiger partial charge in [0, 0.05) is 10.1 Å². The lowest BCUT2D eigenvalue weighted by atomic mass is 9.83. The SMILES string of the molecule is CC(c1ccc(Cl)cc1)C1C=CC(Cl)=CC1. The van der Waals surface area contributed by atoms with Gasteiger partial charge < -0.3 is 0 Å². The van der Waals surface area contributed by atoms with Gasteiger partial charge in [-0.25, -0.2) is 0 Å². The molecule has 0 saturated heterocycles. The van der Waals surface area contributed by atoms with Crippen LogP contribution in [0.1, 0.15) is 24.8 Å². The highest BCUT2D eigenvalue weighted by molar-refractivity contribution is 6.31. The lowest BCUT2D eigenvalue weighted by molar-refractivity contribution is 0.544. The zero-order valence-electron chi connectivity index (χ0n) is 9.16. The van der Waals surface area contributed by atoms with Crippen LogP contribution in [0.2, 0.25) is 5.02 Å². The molecule has 0 heterocycles. The van der Waals surface area contributed by atoms with Crippen molar-refractivity contribution < 1.29 is 0 Å². The van der Waals surface area contributed by atoms with Crippen LogP contribution in [-0.4, -0.2) is 0 Å². The molecule has 0 aromatic heterocycles. The highest BCUT2D eigenvalue weighted by atomic mass is 35.5. The molecule has 0 nitrogen and oxygen atoms in total. The lowest BCUT2D eigenvalue weighted by Gasteiger charge is -2.22. The third kappa shape index (κ3) is 2.69. The first-order valence-corrected chi connectivity index (χ1v) is 6.22. The van der Waals surface area contributed by atoms with Gasteiger partial charge in [-0.15, -0.1) is 0 Å². The Labute approximate surface area is 107 Å². The maximum absolute atomic E-state index is 5.91. The van der Waals surface area contributed by atoms with Crippen LogP contribution in [-0.2, 0) is 0 Å². The van der Waals surface area contributed by atoms with E-state index < -0.39 is 0 Å². The molecule has 0 fully saturated rings. The average molecular weight is 253 g/mol. The smallest absolute Gasteiger partial charge is 0.0406 e. The summed E-state index contributed by atoms with van der Waals surface area (Å²) in [5, 5.41) is 1.64. The fourth-order valence-electron chi connectivity index (χ4n) is 2.00. The molecule has 2 heteroatoms. The highest BCUT2D eigenvalue weighted by Crippen LogP contribution is 2.32. The predicted octanol–water partition coefficient (Wildman–Crippen LogP) is 5.14. The molecule has 1 aromatic rings. The number of hydrogen-bond donors (Lipinski definition) is 0. The maximum atomic E-state index is 5.91. The second-order valence-corrected chi connectivity index (χ2v) is 5.06. The van der Waals surface area contributed by atoms with Crippen LogP contribution in [0.4, 0.5) is 0 Å². The Bertz CT molecular complexity index is 415. The Hall–Kier alpha value is -0.720. The summed E-state index contributed by atoms with van der Waals surface area (Å²) >= 11 is 11.8. The molecule has 2 atom stereocenters. The molecule has 2 unspecified atom stereocenters. The van der Waals surface area contributed by atoms with Crippen LogP contribution >= 0.6 is 23.2 Å². The molecular formula is C14H14Cl2. The largest absolute Gasteiger partial charge is 0.0847 e. The van der Waals surface area contributed by atoms with Gasteiger partial charge in [0.1, 0.15) is 0 Å². The van der Waals surface area contributed by atoms with Gasteiger partial charge in [-0.05, 0) is 42.0 Å². The standard InChI is InChI=1S/C14H14Cl2/c1-10(11-2-6-13(15)7-3-11)12-4-8-14(16)9-5-12/h2-4,6-10,12H,5H2,1H3.